The molecule has 27 heavy (non-hydrogen) atoms. The molecule has 0 aliphatic rings. The van der Waals surface area contributed by atoms with Gasteiger partial charge in [0.1, 0.15) is 11.4 Å². The van der Waals surface area contributed by atoms with Gasteiger partial charge in [0.2, 0.25) is 5.78 Å². The number of carbonyl (C=O) groups excluding carboxylic acids is 3. The SMILES string of the molecule is CCOC(=O)c1[nH]c(C)c(C(=O)COC(=O)COc2ccc(Cl)cc2)c1C. The topological polar surface area (TPSA) is 94.7 Å². The first kappa shape index (κ1) is 20.5. The molecule has 0 aliphatic carbocycles. The molecule has 0 bridgehead atoms. The highest BCUT2D eigenvalue weighted by Crippen LogP contribution is 2.20. The zero-order valence-corrected chi connectivity index (χ0v) is 16.0. The number of halogens is 1. The van der Waals surface area contributed by atoms with Crippen molar-refractivity contribution >= 4 is 29.3 Å². The molecule has 0 saturated carbocycles. The minimum atomic E-state index is -0.685. The summed E-state index contributed by atoms with van der Waals surface area (Å²) in [5.74, 6) is -1.18. The van der Waals surface area contributed by atoms with Crippen LogP contribution in [-0.4, -0.2) is 42.5 Å². The molecule has 2 rings (SSSR count). The normalized spacial score (nSPS) is 10.4. The van der Waals surface area contributed by atoms with E-state index in [0.29, 0.717) is 27.6 Å². The predicted octanol–water partition coefficient (Wildman–Crippen LogP) is 3.27. The molecule has 0 spiro atoms. The molecule has 2 aromatic rings. The molecule has 0 fully saturated rings. The van der Waals surface area contributed by atoms with Crippen LogP contribution in [0, 0.1) is 13.8 Å². The van der Waals surface area contributed by atoms with Gasteiger partial charge in [-0.25, -0.2) is 9.59 Å². The molecule has 144 valence electrons. The molecule has 0 unspecified atom stereocenters. The molecule has 0 atom stereocenters. The van der Waals surface area contributed by atoms with Gasteiger partial charge in [-0.3, -0.25) is 4.79 Å². The van der Waals surface area contributed by atoms with Crippen molar-refractivity contribution < 1.29 is 28.6 Å². The van der Waals surface area contributed by atoms with Crippen molar-refractivity contribution in [1.29, 1.82) is 0 Å². The third-order valence-electron chi connectivity index (χ3n) is 3.73. The van der Waals surface area contributed by atoms with Gasteiger partial charge in [-0.15, -0.1) is 0 Å². The fraction of sp³-hybridized carbons (Fsp3) is 0.316. The molecule has 7 nitrogen and oxygen atoms in total. The highest BCUT2D eigenvalue weighted by molar-refractivity contribution is 6.30. The second-order valence-corrected chi connectivity index (χ2v) is 6.11. The molecule has 1 N–H and O–H groups in total. The Bertz CT molecular complexity index is 841. The van der Waals surface area contributed by atoms with E-state index in [-0.39, 0.29) is 18.9 Å². The summed E-state index contributed by atoms with van der Waals surface area (Å²) in [4.78, 5) is 38.9. The number of esters is 2. The van der Waals surface area contributed by atoms with Gasteiger partial charge >= 0.3 is 11.9 Å². The standard InChI is InChI=1S/C19H20ClNO6/c1-4-25-19(24)18-11(2)17(12(3)21-18)15(22)9-27-16(23)10-26-14-7-5-13(20)6-8-14/h5-8,21H,4,9-10H2,1-3H3. The number of carbonyl (C=O) groups is 3. The number of H-pyrrole nitrogens is 1. The van der Waals surface area contributed by atoms with Gasteiger partial charge in [-0.2, -0.15) is 0 Å². The van der Waals surface area contributed by atoms with Crippen LogP contribution in [0.25, 0.3) is 0 Å². The molecule has 0 radical (unpaired) electrons. The molecule has 0 amide bonds. The zero-order valence-electron chi connectivity index (χ0n) is 15.3. The van der Waals surface area contributed by atoms with Gasteiger partial charge in [-0.1, -0.05) is 11.6 Å². The first-order valence-corrected chi connectivity index (χ1v) is 8.64. The molecule has 0 aliphatic heterocycles. The summed E-state index contributed by atoms with van der Waals surface area (Å²) in [5.41, 5.74) is 1.50. The zero-order chi connectivity index (χ0) is 20.0. The summed E-state index contributed by atoms with van der Waals surface area (Å²) in [5, 5.41) is 0.551. The van der Waals surface area contributed by atoms with Gasteiger partial charge < -0.3 is 19.2 Å². The lowest BCUT2D eigenvalue weighted by Gasteiger charge is -2.07. The molecular weight excluding hydrogens is 374 g/mol. The Morgan fingerprint density at radius 1 is 1.04 bits per heavy atom. The number of aryl methyl sites for hydroxylation is 1. The van der Waals surface area contributed by atoms with Gasteiger partial charge in [0.15, 0.2) is 13.2 Å². The monoisotopic (exact) mass is 393 g/mol. The first-order chi connectivity index (χ1) is 12.8. The minimum Gasteiger partial charge on any atom is -0.482 e. The Morgan fingerprint density at radius 2 is 1.70 bits per heavy atom. The van der Waals surface area contributed by atoms with E-state index in [9.17, 15) is 14.4 Å². The summed E-state index contributed by atoms with van der Waals surface area (Å²) in [6.45, 7) is 4.42. The van der Waals surface area contributed by atoms with Crippen LogP contribution in [0.15, 0.2) is 24.3 Å². The van der Waals surface area contributed by atoms with Crippen molar-refractivity contribution in [2.24, 2.45) is 0 Å². The third kappa shape index (κ3) is 5.34. The van der Waals surface area contributed by atoms with E-state index in [2.05, 4.69) is 4.98 Å². The van der Waals surface area contributed by atoms with Crippen LogP contribution in [0.4, 0.5) is 0 Å². The van der Waals surface area contributed by atoms with Crippen LogP contribution in [0.3, 0.4) is 0 Å². The fourth-order valence-electron chi connectivity index (χ4n) is 2.51. The summed E-state index contributed by atoms with van der Waals surface area (Å²) in [6, 6.07) is 6.49. The van der Waals surface area contributed by atoms with Crippen molar-refractivity contribution in [3.05, 3.63) is 51.8 Å². The lowest BCUT2D eigenvalue weighted by molar-refractivity contribution is -0.144. The number of benzene rings is 1. The number of hydrogen-bond donors (Lipinski definition) is 1. The molecule has 0 saturated heterocycles. The number of nitrogens with one attached hydrogen (secondary N) is 1. The highest BCUT2D eigenvalue weighted by atomic mass is 35.5. The lowest BCUT2D eigenvalue weighted by Crippen LogP contribution is -2.20. The Hall–Kier alpha value is -2.80. The van der Waals surface area contributed by atoms with E-state index in [0.717, 1.165) is 0 Å². The number of ether oxygens (including phenoxy) is 3. The average Bonchev–Trinajstić information content (AvgIpc) is 2.94. The van der Waals surface area contributed by atoms with Crippen molar-refractivity contribution in [2.45, 2.75) is 20.8 Å². The second kappa shape index (κ2) is 9.23. The van der Waals surface area contributed by atoms with Crippen LogP contribution >= 0.6 is 11.6 Å². The van der Waals surface area contributed by atoms with Gasteiger partial charge in [-0.05, 0) is 50.6 Å². The number of Topliss-reactive ketones (excluding diaryl/α,β-unsaturated/α-hetero) is 1. The van der Waals surface area contributed by atoms with Crippen molar-refractivity contribution in [3.63, 3.8) is 0 Å². The van der Waals surface area contributed by atoms with Gasteiger partial charge in [0, 0.05) is 16.3 Å². The maximum atomic E-state index is 12.4. The predicted molar refractivity (Wildman–Crippen MR) is 98.5 cm³/mol. The summed E-state index contributed by atoms with van der Waals surface area (Å²) >= 11 is 5.77. The van der Waals surface area contributed by atoms with Crippen molar-refractivity contribution in [2.75, 3.05) is 19.8 Å². The molecular formula is C19H20ClNO6. The maximum Gasteiger partial charge on any atom is 0.355 e. The minimum absolute atomic E-state index is 0.218. The molecule has 1 heterocycles. The van der Waals surface area contributed by atoms with Crippen LogP contribution in [0.5, 0.6) is 5.75 Å². The Balaban J connectivity index is 1.92. The van der Waals surface area contributed by atoms with E-state index < -0.39 is 24.3 Å². The van der Waals surface area contributed by atoms with Gasteiger partial charge in [0.05, 0.1) is 6.61 Å². The summed E-state index contributed by atoms with van der Waals surface area (Å²) < 4.78 is 15.2. The van der Waals surface area contributed by atoms with Crippen LogP contribution < -0.4 is 4.74 Å². The summed E-state index contributed by atoms with van der Waals surface area (Å²) in [6.07, 6.45) is 0. The Morgan fingerprint density at radius 3 is 2.33 bits per heavy atom. The quantitative estimate of drug-likeness (QED) is 0.546. The van der Waals surface area contributed by atoms with E-state index in [4.69, 9.17) is 25.8 Å². The number of hydrogen-bond acceptors (Lipinski definition) is 6. The van der Waals surface area contributed by atoms with Crippen LogP contribution in [-0.2, 0) is 14.3 Å². The van der Waals surface area contributed by atoms with E-state index >= 15 is 0 Å². The first-order valence-electron chi connectivity index (χ1n) is 8.27. The smallest absolute Gasteiger partial charge is 0.355 e. The molecule has 1 aromatic carbocycles. The number of aromatic nitrogens is 1. The average molecular weight is 394 g/mol. The Kier molecular flexibility index (Phi) is 7.01. The van der Waals surface area contributed by atoms with Gasteiger partial charge in [0.25, 0.3) is 0 Å². The molecule has 8 heteroatoms. The number of ketones is 1. The largest absolute Gasteiger partial charge is 0.482 e. The third-order valence-corrected chi connectivity index (χ3v) is 3.98. The second-order valence-electron chi connectivity index (χ2n) is 5.67. The van der Waals surface area contributed by atoms with E-state index in [1.807, 2.05) is 0 Å². The fourth-order valence-corrected chi connectivity index (χ4v) is 2.63. The van der Waals surface area contributed by atoms with Crippen LogP contribution in [0.2, 0.25) is 5.02 Å². The van der Waals surface area contributed by atoms with Crippen molar-refractivity contribution in [1.82, 2.24) is 4.98 Å². The number of rotatable bonds is 8. The van der Waals surface area contributed by atoms with Crippen molar-refractivity contribution in [3.8, 4) is 5.75 Å². The Labute approximate surface area is 161 Å². The van der Waals surface area contributed by atoms with E-state index in [1.165, 1.54) is 0 Å². The van der Waals surface area contributed by atoms with Crippen LogP contribution in [0.1, 0.15) is 39.0 Å². The van der Waals surface area contributed by atoms with E-state index in [1.54, 1.807) is 45.0 Å². The molecule has 1 aromatic heterocycles. The lowest BCUT2D eigenvalue weighted by atomic mass is 10.1. The maximum absolute atomic E-state index is 12.4. The highest BCUT2D eigenvalue weighted by Gasteiger charge is 2.23. The summed E-state index contributed by atoms with van der Waals surface area (Å²) in [7, 11) is 0. The number of aromatic amines is 1.